The number of fused-ring (bicyclic) bond motifs is 3. The number of nitrogens with zero attached hydrogens (tertiary/aromatic N) is 2. The Balaban J connectivity index is 1.55. The van der Waals surface area contributed by atoms with Crippen molar-refractivity contribution in [2.75, 3.05) is 32.8 Å². The zero-order valence-electron chi connectivity index (χ0n) is 23.0. The number of carbonyl (C=O) groups is 4. The molecule has 0 spiro atoms. The van der Waals surface area contributed by atoms with Crippen LogP contribution < -0.4 is 11.1 Å². The van der Waals surface area contributed by atoms with Crippen molar-refractivity contribution in [3.8, 4) is 11.1 Å². The monoisotopic (exact) mass is 552 g/mol. The second kappa shape index (κ2) is 12.1. The summed E-state index contributed by atoms with van der Waals surface area (Å²) in [5.41, 5.74) is 8.84. The summed E-state index contributed by atoms with van der Waals surface area (Å²) in [6.45, 7) is 6.71. The van der Waals surface area contributed by atoms with Gasteiger partial charge in [-0.1, -0.05) is 48.5 Å². The molecule has 0 radical (unpaired) electrons. The molecule has 0 aromatic heterocycles. The molecule has 1 unspecified atom stereocenters. The molecule has 4 N–H and O–H groups in total. The van der Waals surface area contributed by atoms with E-state index in [0.717, 1.165) is 27.3 Å². The van der Waals surface area contributed by atoms with E-state index in [1.807, 2.05) is 48.5 Å². The van der Waals surface area contributed by atoms with Gasteiger partial charge in [0.25, 0.3) is 0 Å². The van der Waals surface area contributed by atoms with Gasteiger partial charge in [0.2, 0.25) is 5.91 Å². The molecular formula is C29H36N4O7. The molecule has 11 nitrogen and oxygen atoms in total. The Kier molecular flexibility index (Phi) is 8.75. The van der Waals surface area contributed by atoms with Crippen molar-refractivity contribution in [2.24, 2.45) is 11.7 Å². The summed E-state index contributed by atoms with van der Waals surface area (Å²) in [6, 6.07) is 14.1. The molecule has 2 amide bonds. The number of amides is 2. The molecule has 0 bridgehead atoms. The molecule has 1 aliphatic heterocycles. The van der Waals surface area contributed by atoms with Gasteiger partial charge in [-0.05, 0) is 43.0 Å². The Hall–Kier alpha value is -3.96. The van der Waals surface area contributed by atoms with Crippen molar-refractivity contribution in [1.29, 1.82) is 0 Å². The predicted molar refractivity (Wildman–Crippen MR) is 146 cm³/mol. The van der Waals surface area contributed by atoms with Gasteiger partial charge in [0.15, 0.2) is 5.92 Å². The maximum atomic E-state index is 13.2. The highest BCUT2D eigenvalue weighted by molar-refractivity contribution is 5.95. The minimum Gasteiger partial charge on any atom is -0.481 e. The van der Waals surface area contributed by atoms with Crippen molar-refractivity contribution in [3.63, 3.8) is 0 Å². The number of carboxylic acids is 1. The fourth-order valence-electron chi connectivity index (χ4n) is 5.18. The number of hydrogen-bond acceptors (Lipinski definition) is 8. The second-order valence-corrected chi connectivity index (χ2v) is 10.9. The fraction of sp³-hybridized carbons (Fsp3) is 0.448. The highest BCUT2D eigenvalue weighted by Crippen LogP contribution is 2.44. The van der Waals surface area contributed by atoms with E-state index in [1.165, 1.54) is 0 Å². The van der Waals surface area contributed by atoms with E-state index in [-0.39, 0.29) is 12.5 Å². The lowest BCUT2D eigenvalue weighted by molar-refractivity contribution is -0.161. The third kappa shape index (κ3) is 6.43. The largest absolute Gasteiger partial charge is 0.481 e. The van der Waals surface area contributed by atoms with Crippen LogP contribution in [-0.4, -0.2) is 83.5 Å². The summed E-state index contributed by atoms with van der Waals surface area (Å²) in [4.78, 5) is 51.4. The summed E-state index contributed by atoms with van der Waals surface area (Å²) in [7, 11) is 0. The second-order valence-electron chi connectivity index (χ2n) is 10.9. The molecule has 1 heterocycles. The number of primary amides is 1. The van der Waals surface area contributed by atoms with Gasteiger partial charge < -0.3 is 25.6 Å². The number of esters is 1. The van der Waals surface area contributed by atoms with E-state index < -0.39 is 47.9 Å². The molecule has 1 aliphatic carbocycles. The Labute approximate surface area is 233 Å². The van der Waals surface area contributed by atoms with Crippen LogP contribution in [0.2, 0.25) is 0 Å². The standard InChI is InChI=1S/C29H36N4O7/c1-29(2,3)40-28(38)33(32-14-12-31-13-15-32)24(25(30)34)16-22(26(35)36)27(37)39-17-23-20-10-6-4-8-18(20)19-9-5-7-11-21(19)23/h4-11,22-24,31H,12-17H2,1-3H3,(H2,30,34)(H,35,36)/t22?,24-/m0/s1. The van der Waals surface area contributed by atoms with Gasteiger partial charge in [0.1, 0.15) is 18.2 Å². The molecule has 1 saturated heterocycles. The van der Waals surface area contributed by atoms with E-state index in [2.05, 4.69) is 5.32 Å². The zero-order valence-corrected chi connectivity index (χ0v) is 23.0. The van der Waals surface area contributed by atoms with Crippen LogP contribution in [0.25, 0.3) is 11.1 Å². The summed E-state index contributed by atoms with van der Waals surface area (Å²) in [5, 5.41) is 15.8. The summed E-state index contributed by atoms with van der Waals surface area (Å²) in [5.74, 6) is -5.45. The number of piperazine rings is 1. The van der Waals surface area contributed by atoms with Crippen LogP contribution in [0.3, 0.4) is 0 Å². The third-order valence-corrected chi connectivity index (χ3v) is 7.00. The van der Waals surface area contributed by atoms with Gasteiger partial charge in [0, 0.05) is 38.5 Å². The molecule has 1 fully saturated rings. The number of benzene rings is 2. The topological polar surface area (TPSA) is 152 Å². The lowest BCUT2D eigenvalue weighted by Crippen LogP contribution is -2.62. The van der Waals surface area contributed by atoms with Crippen molar-refractivity contribution in [1.82, 2.24) is 15.3 Å². The maximum absolute atomic E-state index is 13.2. The SMILES string of the molecule is CC(C)(C)OC(=O)N([C@@H](CC(C(=O)O)C(=O)OCC1c2ccccc2-c2ccccc21)C(N)=O)N1CCNCC1. The number of nitrogens with two attached hydrogens (primary N) is 1. The number of rotatable bonds is 9. The average Bonchev–Trinajstić information content (AvgIpc) is 3.22. The number of hydrazine groups is 1. The Morgan fingerprint density at radius 2 is 1.57 bits per heavy atom. The molecule has 2 aromatic carbocycles. The summed E-state index contributed by atoms with van der Waals surface area (Å²) < 4.78 is 11.1. The minimum atomic E-state index is -1.74. The summed E-state index contributed by atoms with van der Waals surface area (Å²) >= 11 is 0. The van der Waals surface area contributed by atoms with Crippen LogP contribution in [0, 0.1) is 5.92 Å². The van der Waals surface area contributed by atoms with Gasteiger partial charge >= 0.3 is 18.0 Å². The normalized spacial score (nSPS) is 16.8. The van der Waals surface area contributed by atoms with E-state index in [4.69, 9.17) is 15.2 Å². The molecule has 11 heteroatoms. The van der Waals surface area contributed by atoms with Gasteiger partial charge in [-0.2, -0.15) is 0 Å². The van der Waals surface area contributed by atoms with E-state index in [0.29, 0.717) is 26.2 Å². The first kappa shape index (κ1) is 29.0. The molecule has 4 rings (SSSR count). The average molecular weight is 553 g/mol. The highest BCUT2D eigenvalue weighted by Gasteiger charge is 2.42. The van der Waals surface area contributed by atoms with E-state index in [1.54, 1.807) is 25.8 Å². The third-order valence-electron chi connectivity index (χ3n) is 7.00. The number of carbonyl (C=O) groups excluding carboxylic acids is 3. The van der Waals surface area contributed by atoms with Crippen LogP contribution in [0.5, 0.6) is 0 Å². The van der Waals surface area contributed by atoms with Crippen LogP contribution in [0.4, 0.5) is 4.79 Å². The van der Waals surface area contributed by atoms with Gasteiger partial charge in [0.05, 0.1) is 0 Å². The zero-order chi connectivity index (χ0) is 29.0. The van der Waals surface area contributed by atoms with Crippen LogP contribution in [0.1, 0.15) is 44.2 Å². The van der Waals surface area contributed by atoms with Crippen molar-refractivity contribution < 1.29 is 33.8 Å². The molecule has 2 aliphatic rings. The highest BCUT2D eigenvalue weighted by atomic mass is 16.6. The Morgan fingerprint density at radius 1 is 1.02 bits per heavy atom. The molecule has 40 heavy (non-hydrogen) atoms. The minimum absolute atomic E-state index is 0.0779. The van der Waals surface area contributed by atoms with E-state index in [9.17, 15) is 24.3 Å². The van der Waals surface area contributed by atoms with Gasteiger partial charge in [-0.25, -0.2) is 14.8 Å². The first-order chi connectivity index (χ1) is 19.0. The molecule has 2 atom stereocenters. The number of hydrogen-bond donors (Lipinski definition) is 3. The Morgan fingerprint density at radius 3 is 2.08 bits per heavy atom. The maximum Gasteiger partial charge on any atom is 0.425 e. The quantitative estimate of drug-likeness (QED) is 0.314. The number of aliphatic carboxylic acids is 1. The van der Waals surface area contributed by atoms with Crippen molar-refractivity contribution >= 4 is 23.9 Å². The van der Waals surface area contributed by atoms with Crippen LogP contribution in [-0.2, 0) is 23.9 Å². The van der Waals surface area contributed by atoms with Gasteiger partial charge in [-0.15, -0.1) is 0 Å². The lowest BCUT2D eigenvalue weighted by Gasteiger charge is -2.41. The molecular weight excluding hydrogens is 516 g/mol. The van der Waals surface area contributed by atoms with Gasteiger partial charge in [-0.3, -0.25) is 14.4 Å². The predicted octanol–water partition coefficient (Wildman–Crippen LogP) is 2.34. The Bertz CT molecular complexity index is 1220. The first-order valence-corrected chi connectivity index (χ1v) is 13.3. The number of nitrogens with one attached hydrogen (secondary N) is 1. The molecule has 2 aromatic rings. The van der Waals surface area contributed by atoms with Crippen LogP contribution >= 0.6 is 0 Å². The van der Waals surface area contributed by atoms with Crippen molar-refractivity contribution in [3.05, 3.63) is 59.7 Å². The lowest BCUT2D eigenvalue weighted by atomic mass is 9.97. The molecule has 214 valence electrons. The van der Waals surface area contributed by atoms with Crippen LogP contribution in [0.15, 0.2) is 48.5 Å². The number of carboxylic acid groups (broad SMARTS) is 1. The first-order valence-electron chi connectivity index (χ1n) is 13.3. The number of ether oxygens (including phenoxy) is 2. The summed E-state index contributed by atoms with van der Waals surface area (Å²) in [6.07, 6.45) is -1.42. The van der Waals surface area contributed by atoms with E-state index >= 15 is 0 Å². The van der Waals surface area contributed by atoms with Crippen molar-refractivity contribution in [2.45, 2.75) is 44.8 Å². The smallest absolute Gasteiger partial charge is 0.425 e. The molecule has 0 saturated carbocycles. The fourth-order valence-corrected chi connectivity index (χ4v) is 5.18.